The van der Waals surface area contributed by atoms with E-state index in [0.29, 0.717) is 19.2 Å². The average molecular weight is 258 g/mol. The van der Waals surface area contributed by atoms with Crippen LogP contribution in [0.5, 0.6) is 0 Å². The number of ether oxygens (including phenoxy) is 2. The van der Waals surface area contributed by atoms with Crippen molar-refractivity contribution in [3.8, 4) is 0 Å². The highest BCUT2D eigenvalue weighted by molar-refractivity contribution is 5.75. The molecule has 1 aliphatic rings. The van der Waals surface area contributed by atoms with Gasteiger partial charge in [0.25, 0.3) is 0 Å². The van der Waals surface area contributed by atoms with Crippen LogP contribution in [-0.4, -0.2) is 61.9 Å². The maximum atomic E-state index is 11.5. The van der Waals surface area contributed by atoms with E-state index in [1.807, 2.05) is 13.8 Å². The van der Waals surface area contributed by atoms with E-state index in [0.717, 1.165) is 19.7 Å². The predicted molar refractivity (Wildman–Crippen MR) is 70.5 cm³/mol. The third-order valence-electron chi connectivity index (χ3n) is 3.19. The fourth-order valence-electron chi connectivity index (χ4n) is 1.99. The van der Waals surface area contributed by atoms with Gasteiger partial charge in [-0.15, -0.1) is 0 Å². The second-order valence-corrected chi connectivity index (χ2v) is 4.96. The Balaban J connectivity index is 2.28. The van der Waals surface area contributed by atoms with Crippen molar-refractivity contribution >= 4 is 5.97 Å². The second-order valence-electron chi connectivity index (χ2n) is 4.96. The maximum Gasteiger partial charge on any atom is 0.322 e. The summed E-state index contributed by atoms with van der Waals surface area (Å²) >= 11 is 0. The van der Waals surface area contributed by atoms with Gasteiger partial charge in [0.1, 0.15) is 6.04 Å². The number of nitrogens with zero attached hydrogens (tertiary/aromatic N) is 1. The summed E-state index contributed by atoms with van der Waals surface area (Å²) in [4.78, 5) is 13.8. The zero-order chi connectivity index (χ0) is 13.5. The van der Waals surface area contributed by atoms with Gasteiger partial charge in [-0.05, 0) is 27.7 Å². The first kappa shape index (κ1) is 15.4. The van der Waals surface area contributed by atoms with Crippen LogP contribution in [0.15, 0.2) is 0 Å². The van der Waals surface area contributed by atoms with Gasteiger partial charge in [-0.1, -0.05) is 0 Å². The van der Waals surface area contributed by atoms with Crippen LogP contribution in [0.2, 0.25) is 0 Å². The molecule has 0 saturated carbocycles. The standard InChI is InChI=1S/C13H26N2O3/c1-5-17-13(16)11(4)14-8-12-9-15(10(2)3)6-7-18-12/h10-12,14H,5-9H2,1-4H3. The molecule has 1 heterocycles. The Bertz CT molecular complexity index is 259. The first-order chi connectivity index (χ1) is 8.54. The monoisotopic (exact) mass is 258 g/mol. The molecule has 18 heavy (non-hydrogen) atoms. The van der Waals surface area contributed by atoms with E-state index in [2.05, 4.69) is 24.1 Å². The van der Waals surface area contributed by atoms with Gasteiger partial charge < -0.3 is 14.8 Å². The lowest BCUT2D eigenvalue weighted by Crippen LogP contribution is -2.50. The van der Waals surface area contributed by atoms with E-state index >= 15 is 0 Å². The normalized spacial score (nSPS) is 23.1. The summed E-state index contributed by atoms with van der Waals surface area (Å²) in [6.45, 7) is 11.8. The molecule has 0 aromatic rings. The summed E-state index contributed by atoms with van der Waals surface area (Å²) in [6, 6.07) is 0.266. The van der Waals surface area contributed by atoms with Crippen LogP contribution < -0.4 is 5.32 Å². The van der Waals surface area contributed by atoms with Crippen LogP contribution in [0.25, 0.3) is 0 Å². The molecule has 0 aliphatic carbocycles. The molecule has 2 unspecified atom stereocenters. The lowest BCUT2D eigenvalue weighted by molar-refractivity contribution is -0.145. The van der Waals surface area contributed by atoms with E-state index in [1.165, 1.54) is 0 Å². The molecule has 1 fully saturated rings. The van der Waals surface area contributed by atoms with Crippen LogP contribution in [0.4, 0.5) is 0 Å². The summed E-state index contributed by atoms with van der Waals surface area (Å²) < 4.78 is 10.6. The van der Waals surface area contributed by atoms with Crippen LogP contribution >= 0.6 is 0 Å². The molecule has 1 aliphatic heterocycles. The fraction of sp³-hybridized carbons (Fsp3) is 0.923. The fourth-order valence-corrected chi connectivity index (χ4v) is 1.99. The molecular weight excluding hydrogens is 232 g/mol. The lowest BCUT2D eigenvalue weighted by atomic mass is 10.2. The van der Waals surface area contributed by atoms with Gasteiger partial charge in [-0.25, -0.2) is 0 Å². The van der Waals surface area contributed by atoms with E-state index in [9.17, 15) is 4.79 Å². The quantitative estimate of drug-likeness (QED) is 0.708. The molecule has 5 heteroatoms. The number of hydrogen-bond acceptors (Lipinski definition) is 5. The molecule has 0 aromatic heterocycles. The number of carbonyl (C=O) groups excluding carboxylic acids is 1. The van der Waals surface area contributed by atoms with Crippen molar-refractivity contribution in [2.24, 2.45) is 0 Å². The smallest absolute Gasteiger partial charge is 0.322 e. The summed E-state index contributed by atoms with van der Waals surface area (Å²) in [5.41, 5.74) is 0. The van der Waals surface area contributed by atoms with Crippen LogP contribution in [0.1, 0.15) is 27.7 Å². The minimum absolute atomic E-state index is 0.151. The highest BCUT2D eigenvalue weighted by Gasteiger charge is 2.23. The van der Waals surface area contributed by atoms with Gasteiger partial charge in [0.15, 0.2) is 0 Å². The number of carbonyl (C=O) groups is 1. The Hall–Kier alpha value is -0.650. The minimum Gasteiger partial charge on any atom is -0.465 e. The molecule has 1 N–H and O–H groups in total. The highest BCUT2D eigenvalue weighted by atomic mass is 16.5. The Labute approximate surface area is 110 Å². The molecule has 0 radical (unpaired) electrons. The zero-order valence-electron chi connectivity index (χ0n) is 11.9. The van der Waals surface area contributed by atoms with Gasteiger partial charge >= 0.3 is 5.97 Å². The molecule has 5 nitrogen and oxygen atoms in total. The van der Waals surface area contributed by atoms with E-state index in [4.69, 9.17) is 9.47 Å². The largest absolute Gasteiger partial charge is 0.465 e. The van der Waals surface area contributed by atoms with E-state index < -0.39 is 0 Å². The molecular formula is C13H26N2O3. The zero-order valence-corrected chi connectivity index (χ0v) is 11.9. The van der Waals surface area contributed by atoms with Gasteiger partial charge in [-0.3, -0.25) is 9.69 Å². The van der Waals surface area contributed by atoms with E-state index in [1.54, 1.807) is 0 Å². The van der Waals surface area contributed by atoms with Crippen molar-refractivity contribution < 1.29 is 14.3 Å². The third kappa shape index (κ3) is 4.92. The van der Waals surface area contributed by atoms with Gasteiger partial charge in [0.05, 0.1) is 19.3 Å². The van der Waals surface area contributed by atoms with Crippen molar-refractivity contribution in [2.45, 2.75) is 45.9 Å². The maximum absolute atomic E-state index is 11.5. The van der Waals surface area contributed by atoms with Crippen molar-refractivity contribution in [1.82, 2.24) is 10.2 Å². The van der Waals surface area contributed by atoms with Gasteiger partial charge in [-0.2, -0.15) is 0 Å². The topological polar surface area (TPSA) is 50.8 Å². The summed E-state index contributed by atoms with van der Waals surface area (Å²) in [5, 5.41) is 3.17. The Kier molecular flexibility index (Phi) is 6.60. The van der Waals surface area contributed by atoms with Crippen molar-refractivity contribution in [1.29, 1.82) is 0 Å². The lowest BCUT2D eigenvalue weighted by Gasteiger charge is -2.35. The van der Waals surface area contributed by atoms with Crippen molar-refractivity contribution in [2.75, 3.05) is 32.8 Å². The predicted octanol–water partition coefficient (Wildman–Crippen LogP) is 0.637. The van der Waals surface area contributed by atoms with Gasteiger partial charge in [0.2, 0.25) is 0 Å². The minimum atomic E-state index is -0.275. The molecule has 0 bridgehead atoms. The molecule has 2 atom stereocenters. The SMILES string of the molecule is CCOC(=O)C(C)NCC1CN(C(C)C)CCO1. The molecule has 1 rings (SSSR count). The molecule has 106 valence electrons. The number of hydrogen-bond donors (Lipinski definition) is 1. The van der Waals surface area contributed by atoms with Crippen LogP contribution in [-0.2, 0) is 14.3 Å². The number of rotatable bonds is 6. The molecule has 0 amide bonds. The molecule has 0 aromatic carbocycles. The summed E-state index contributed by atoms with van der Waals surface area (Å²) in [7, 11) is 0. The second kappa shape index (κ2) is 7.71. The number of morpholine rings is 1. The molecule has 1 saturated heterocycles. The summed E-state index contributed by atoms with van der Waals surface area (Å²) in [6.07, 6.45) is 0.151. The van der Waals surface area contributed by atoms with E-state index in [-0.39, 0.29) is 18.1 Å². The van der Waals surface area contributed by atoms with Crippen molar-refractivity contribution in [3.05, 3.63) is 0 Å². The summed E-state index contributed by atoms with van der Waals surface area (Å²) in [5.74, 6) is -0.200. The first-order valence-corrected chi connectivity index (χ1v) is 6.80. The Morgan fingerprint density at radius 2 is 2.22 bits per heavy atom. The first-order valence-electron chi connectivity index (χ1n) is 6.80. The third-order valence-corrected chi connectivity index (χ3v) is 3.19. The molecule has 0 spiro atoms. The average Bonchev–Trinajstić information content (AvgIpc) is 2.36. The highest BCUT2D eigenvalue weighted by Crippen LogP contribution is 2.08. The van der Waals surface area contributed by atoms with Crippen LogP contribution in [0.3, 0.4) is 0 Å². The number of esters is 1. The van der Waals surface area contributed by atoms with Crippen molar-refractivity contribution in [3.63, 3.8) is 0 Å². The Morgan fingerprint density at radius 3 is 2.83 bits per heavy atom. The van der Waals surface area contributed by atoms with Gasteiger partial charge in [0, 0.05) is 25.7 Å². The Morgan fingerprint density at radius 1 is 1.50 bits per heavy atom. The number of nitrogens with one attached hydrogen (secondary N) is 1. The van der Waals surface area contributed by atoms with Crippen LogP contribution in [0, 0.1) is 0 Å².